The molecular weight excluding hydrogens is 410 g/mol. The summed E-state index contributed by atoms with van der Waals surface area (Å²) >= 11 is 0. The zero-order chi connectivity index (χ0) is 22.7. The molecule has 2 aromatic carbocycles. The van der Waals surface area contributed by atoms with Gasteiger partial charge in [0.2, 0.25) is 11.7 Å². The van der Waals surface area contributed by atoms with E-state index < -0.39 is 17.6 Å². The highest BCUT2D eigenvalue weighted by atomic mass is 19.1. The molecule has 1 atom stereocenters. The minimum Gasteiger partial charge on any atom is -0.370 e. The molecule has 0 saturated carbocycles. The largest absolute Gasteiger partial charge is 0.370 e. The summed E-state index contributed by atoms with van der Waals surface area (Å²) in [6.45, 7) is 6.69. The van der Waals surface area contributed by atoms with Crippen molar-refractivity contribution >= 4 is 5.82 Å². The Balaban J connectivity index is 1.77. The van der Waals surface area contributed by atoms with Gasteiger partial charge in [-0.25, -0.2) is 13.8 Å². The van der Waals surface area contributed by atoms with E-state index in [2.05, 4.69) is 38.6 Å². The second-order valence-corrected chi connectivity index (χ2v) is 7.84. The Hall–Kier alpha value is -3.61. The van der Waals surface area contributed by atoms with Crippen LogP contribution in [0.2, 0.25) is 0 Å². The molecule has 0 bridgehead atoms. The second kappa shape index (κ2) is 9.26. The van der Waals surface area contributed by atoms with Crippen LogP contribution in [0.4, 0.5) is 14.6 Å². The monoisotopic (exact) mass is 434 g/mol. The Labute approximate surface area is 185 Å². The summed E-state index contributed by atoms with van der Waals surface area (Å²) in [7, 11) is 0. The number of anilines is 1. The maximum Gasteiger partial charge on any atom is 0.234 e. The Morgan fingerprint density at radius 2 is 1.72 bits per heavy atom. The van der Waals surface area contributed by atoms with E-state index in [1.54, 1.807) is 12.3 Å². The first-order chi connectivity index (χ1) is 15.4. The average molecular weight is 434 g/mol. The number of hydrogen-bond acceptors (Lipinski definition) is 5. The van der Waals surface area contributed by atoms with Crippen molar-refractivity contribution in [2.75, 3.05) is 11.9 Å². The summed E-state index contributed by atoms with van der Waals surface area (Å²) in [5, 5.41) is 7.32. The molecule has 32 heavy (non-hydrogen) atoms. The molecule has 1 unspecified atom stereocenters. The molecule has 0 spiro atoms. The van der Waals surface area contributed by atoms with E-state index in [9.17, 15) is 8.78 Å². The van der Waals surface area contributed by atoms with Crippen LogP contribution in [0.15, 0.2) is 59.3 Å². The normalized spacial score (nSPS) is 12.0. The zero-order valence-corrected chi connectivity index (χ0v) is 18.2. The van der Waals surface area contributed by atoms with Crippen LogP contribution in [0, 0.1) is 25.5 Å². The molecule has 0 fully saturated rings. The van der Waals surface area contributed by atoms with Crippen LogP contribution in [0.3, 0.4) is 0 Å². The standard InChI is InChI=1S/C25H24F2N4O/c1-4-28-23-21(6-5-7-29-23)24-30-25(32-31-24)22(18-12-19(26)14-20(27)13-18)11-17-9-15(2)8-16(3)10-17/h5-10,12-14,22H,4,11H2,1-3H3,(H,28,29). The van der Waals surface area contributed by atoms with Gasteiger partial charge in [-0.05, 0) is 62.6 Å². The van der Waals surface area contributed by atoms with Gasteiger partial charge in [0.1, 0.15) is 17.5 Å². The molecule has 7 heteroatoms. The summed E-state index contributed by atoms with van der Waals surface area (Å²) in [5.41, 5.74) is 4.38. The topological polar surface area (TPSA) is 63.8 Å². The van der Waals surface area contributed by atoms with Crippen LogP contribution in [-0.2, 0) is 6.42 Å². The zero-order valence-electron chi connectivity index (χ0n) is 18.2. The number of nitrogens with zero attached hydrogens (tertiary/aromatic N) is 3. The fourth-order valence-electron chi connectivity index (χ4n) is 3.93. The number of nitrogens with one attached hydrogen (secondary N) is 1. The molecule has 0 aliphatic carbocycles. The van der Waals surface area contributed by atoms with Gasteiger partial charge >= 0.3 is 0 Å². The van der Waals surface area contributed by atoms with Crippen molar-refractivity contribution in [3.8, 4) is 11.4 Å². The molecule has 0 radical (unpaired) electrons. The van der Waals surface area contributed by atoms with Crippen LogP contribution in [-0.4, -0.2) is 21.7 Å². The second-order valence-electron chi connectivity index (χ2n) is 7.84. The summed E-state index contributed by atoms with van der Waals surface area (Å²) in [5.74, 6) is -0.507. The Morgan fingerprint density at radius 1 is 1.00 bits per heavy atom. The van der Waals surface area contributed by atoms with Crippen LogP contribution in [0.25, 0.3) is 11.4 Å². The lowest BCUT2D eigenvalue weighted by Crippen LogP contribution is -2.07. The molecule has 2 heterocycles. The van der Waals surface area contributed by atoms with Crippen molar-refractivity contribution in [2.24, 2.45) is 0 Å². The van der Waals surface area contributed by atoms with Crippen molar-refractivity contribution in [1.29, 1.82) is 0 Å². The van der Waals surface area contributed by atoms with Crippen LogP contribution >= 0.6 is 0 Å². The predicted molar refractivity (Wildman–Crippen MR) is 120 cm³/mol. The molecule has 0 amide bonds. The van der Waals surface area contributed by atoms with Crippen LogP contribution in [0.5, 0.6) is 0 Å². The van der Waals surface area contributed by atoms with E-state index in [1.165, 1.54) is 12.1 Å². The number of rotatable bonds is 7. The quantitative estimate of drug-likeness (QED) is 0.396. The molecule has 5 nitrogen and oxygen atoms in total. The van der Waals surface area contributed by atoms with Gasteiger partial charge in [-0.1, -0.05) is 34.5 Å². The van der Waals surface area contributed by atoms with Crippen molar-refractivity contribution < 1.29 is 13.3 Å². The lowest BCUT2D eigenvalue weighted by atomic mass is 9.90. The van der Waals surface area contributed by atoms with Gasteiger partial charge in [0, 0.05) is 18.8 Å². The maximum atomic E-state index is 14.1. The number of pyridine rings is 1. The third kappa shape index (κ3) is 4.82. The number of aromatic nitrogens is 3. The molecule has 0 saturated heterocycles. The van der Waals surface area contributed by atoms with E-state index in [4.69, 9.17) is 4.52 Å². The lowest BCUT2D eigenvalue weighted by molar-refractivity contribution is 0.364. The van der Waals surface area contributed by atoms with Gasteiger partial charge in [0.05, 0.1) is 11.5 Å². The van der Waals surface area contributed by atoms with Crippen molar-refractivity contribution in [2.45, 2.75) is 33.1 Å². The first-order valence-corrected chi connectivity index (χ1v) is 10.5. The number of aryl methyl sites for hydroxylation is 2. The highest BCUT2D eigenvalue weighted by molar-refractivity contribution is 5.69. The van der Waals surface area contributed by atoms with Gasteiger partial charge in [0.25, 0.3) is 0 Å². The van der Waals surface area contributed by atoms with Crippen molar-refractivity contribution in [1.82, 2.24) is 15.1 Å². The van der Waals surface area contributed by atoms with Gasteiger partial charge < -0.3 is 9.84 Å². The minimum atomic E-state index is -0.646. The summed E-state index contributed by atoms with van der Waals surface area (Å²) in [6.07, 6.45) is 2.14. The van der Waals surface area contributed by atoms with E-state index in [-0.39, 0.29) is 5.89 Å². The highest BCUT2D eigenvalue weighted by Gasteiger charge is 2.24. The van der Waals surface area contributed by atoms with Gasteiger partial charge in [-0.15, -0.1) is 0 Å². The number of benzene rings is 2. The highest BCUT2D eigenvalue weighted by Crippen LogP contribution is 2.32. The molecule has 4 rings (SSSR count). The van der Waals surface area contributed by atoms with Crippen LogP contribution in [0.1, 0.15) is 41.0 Å². The van der Waals surface area contributed by atoms with E-state index in [1.807, 2.05) is 26.8 Å². The van der Waals surface area contributed by atoms with Gasteiger partial charge in [-0.2, -0.15) is 4.98 Å². The predicted octanol–water partition coefficient (Wildman–Crippen LogP) is 5.83. The Morgan fingerprint density at radius 3 is 2.41 bits per heavy atom. The van der Waals surface area contributed by atoms with Crippen molar-refractivity contribution in [3.05, 3.63) is 94.5 Å². The molecule has 0 aliphatic heterocycles. The SMILES string of the molecule is CCNc1ncccc1-c1noc(C(Cc2cc(C)cc(C)c2)c2cc(F)cc(F)c2)n1. The minimum absolute atomic E-state index is 0.287. The van der Waals surface area contributed by atoms with E-state index in [0.29, 0.717) is 35.7 Å². The molecule has 2 aromatic heterocycles. The first-order valence-electron chi connectivity index (χ1n) is 10.5. The number of halogens is 2. The first kappa shape index (κ1) is 21.6. The molecule has 1 N–H and O–H groups in total. The number of hydrogen-bond donors (Lipinski definition) is 1. The van der Waals surface area contributed by atoms with Gasteiger partial charge in [0.15, 0.2) is 0 Å². The third-order valence-corrected chi connectivity index (χ3v) is 5.14. The van der Waals surface area contributed by atoms with Crippen molar-refractivity contribution in [3.63, 3.8) is 0 Å². The van der Waals surface area contributed by atoms with E-state index in [0.717, 1.165) is 22.8 Å². The van der Waals surface area contributed by atoms with Gasteiger partial charge in [-0.3, -0.25) is 0 Å². The van der Waals surface area contributed by atoms with Crippen LogP contribution < -0.4 is 5.32 Å². The molecule has 0 aliphatic rings. The summed E-state index contributed by atoms with van der Waals surface area (Å²) < 4.78 is 33.7. The summed E-state index contributed by atoms with van der Waals surface area (Å²) in [6, 6.07) is 13.3. The third-order valence-electron chi connectivity index (χ3n) is 5.14. The van der Waals surface area contributed by atoms with E-state index >= 15 is 0 Å². The fourth-order valence-corrected chi connectivity index (χ4v) is 3.93. The smallest absolute Gasteiger partial charge is 0.234 e. The maximum absolute atomic E-state index is 14.1. The Bertz CT molecular complexity index is 1200. The average Bonchev–Trinajstić information content (AvgIpc) is 3.21. The Kier molecular flexibility index (Phi) is 6.25. The lowest BCUT2D eigenvalue weighted by Gasteiger charge is -2.15. The fraction of sp³-hybridized carbons (Fsp3) is 0.240. The molecular formula is C25H24F2N4O. The molecule has 164 valence electrons. The summed E-state index contributed by atoms with van der Waals surface area (Å²) in [4.78, 5) is 8.93. The molecule has 4 aromatic rings.